The Kier molecular flexibility index (Phi) is 8.10. The van der Waals surface area contributed by atoms with E-state index in [-0.39, 0.29) is 17.3 Å². The van der Waals surface area contributed by atoms with Crippen LogP contribution in [0.1, 0.15) is 80.4 Å². The molecule has 1 aliphatic heterocycles. The summed E-state index contributed by atoms with van der Waals surface area (Å²) in [6, 6.07) is 14.9. The molecule has 36 heavy (non-hydrogen) atoms. The number of nitrogens with one attached hydrogen (secondary N) is 1. The number of rotatable bonds is 7. The standard InChI is InChI=1S/C31H38Cl2N2O/c1-35(30(36)22-7-3-2-4-8-22)21-25(23-12-14-28(32)29(33)20-23)11-13-26-19-24-9-5-6-10-27(24)31(26)15-17-34-18-16-31/h5-6,9-10,12,14,19-20,22,25,34H,2-4,7-8,11,13,15-18,21H2,1H3/t25-/m1/s1. The van der Waals surface area contributed by atoms with Crippen LogP contribution in [0.2, 0.25) is 10.0 Å². The molecule has 1 amide bonds. The zero-order valence-electron chi connectivity index (χ0n) is 21.4. The van der Waals surface area contributed by atoms with Gasteiger partial charge >= 0.3 is 0 Å². The molecule has 5 heteroatoms. The van der Waals surface area contributed by atoms with Gasteiger partial charge in [-0.3, -0.25) is 4.79 Å². The summed E-state index contributed by atoms with van der Waals surface area (Å²) in [4.78, 5) is 15.3. The summed E-state index contributed by atoms with van der Waals surface area (Å²) in [6.45, 7) is 2.82. The molecule has 0 aromatic heterocycles. The summed E-state index contributed by atoms with van der Waals surface area (Å²) in [5.74, 6) is 0.700. The predicted octanol–water partition coefficient (Wildman–Crippen LogP) is 7.61. The first-order valence-electron chi connectivity index (χ1n) is 13.7. The molecule has 2 aromatic carbocycles. The van der Waals surface area contributed by atoms with Crippen LogP contribution >= 0.6 is 23.2 Å². The highest BCUT2D eigenvalue weighted by molar-refractivity contribution is 6.42. The fourth-order valence-corrected chi connectivity index (χ4v) is 7.16. The van der Waals surface area contributed by atoms with Crippen molar-refractivity contribution >= 4 is 35.2 Å². The first-order valence-corrected chi connectivity index (χ1v) is 14.4. The normalized spacial score (nSPS) is 20.1. The Balaban J connectivity index is 1.37. The van der Waals surface area contributed by atoms with Crippen molar-refractivity contribution in [2.75, 3.05) is 26.7 Å². The lowest BCUT2D eigenvalue weighted by atomic mass is 9.69. The number of likely N-dealkylation sites (N-methyl/N-ethyl adjacent to an activating group) is 1. The van der Waals surface area contributed by atoms with Gasteiger partial charge in [0.05, 0.1) is 10.0 Å². The minimum absolute atomic E-state index is 0.147. The van der Waals surface area contributed by atoms with Crippen molar-refractivity contribution in [3.8, 4) is 0 Å². The highest BCUT2D eigenvalue weighted by Gasteiger charge is 2.42. The van der Waals surface area contributed by atoms with Crippen molar-refractivity contribution in [3.63, 3.8) is 0 Å². The quantitative estimate of drug-likeness (QED) is 0.404. The van der Waals surface area contributed by atoms with Crippen LogP contribution in [0.4, 0.5) is 0 Å². The number of carbonyl (C=O) groups excluding carboxylic acids is 1. The first kappa shape index (κ1) is 25.8. The summed E-state index contributed by atoms with van der Waals surface area (Å²) in [6.07, 6.45) is 12.4. The Morgan fingerprint density at radius 2 is 1.81 bits per heavy atom. The fourth-order valence-electron chi connectivity index (χ4n) is 6.85. The third kappa shape index (κ3) is 5.26. The van der Waals surface area contributed by atoms with Gasteiger partial charge in [0.1, 0.15) is 0 Å². The first-order chi connectivity index (χ1) is 17.5. The van der Waals surface area contributed by atoms with Crippen LogP contribution in [0, 0.1) is 5.92 Å². The lowest BCUT2D eigenvalue weighted by Crippen LogP contribution is -2.40. The zero-order chi connectivity index (χ0) is 25.1. The smallest absolute Gasteiger partial charge is 0.225 e. The highest BCUT2D eigenvalue weighted by Crippen LogP contribution is 2.50. The lowest BCUT2D eigenvalue weighted by Gasteiger charge is -2.39. The molecule has 0 radical (unpaired) electrons. The molecule has 0 unspecified atom stereocenters. The molecule has 1 saturated heterocycles. The van der Waals surface area contributed by atoms with Gasteiger partial charge < -0.3 is 10.2 Å². The molecule has 5 rings (SSSR count). The molecule has 192 valence electrons. The number of carbonyl (C=O) groups is 1. The lowest BCUT2D eigenvalue weighted by molar-refractivity contribution is -0.135. The van der Waals surface area contributed by atoms with Crippen LogP contribution in [0.25, 0.3) is 6.08 Å². The van der Waals surface area contributed by atoms with E-state index in [9.17, 15) is 4.79 Å². The van der Waals surface area contributed by atoms with E-state index in [0.29, 0.717) is 22.5 Å². The third-order valence-electron chi connectivity index (χ3n) is 8.88. The summed E-state index contributed by atoms with van der Waals surface area (Å²) in [5, 5.41) is 4.72. The van der Waals surface area contributed by atoms with Gasteiger partial charge in [0, 0.05) is 30.8 Å². The summed E-state index contributed by atoms with van der Waals surface area (Å²) < 4.78 is 0. The molecule has 3 nitrogen and oxygen atoms in total. The largest absolute Gasteiger partial charge is 0.345 e. The molecule has 0 bridgehead atoms. The van der Waals surface area contributed by atoms with Gasteiger partial charge in [-0.15, -0.1) is 0 Å². The van der Waals surface area contributed by atoms with E-state index >= 15 is 0 Å². The molecule has 2 aliphatic carbocycles. The van der Waals surface area contributed by atoms with Crippen molar-refractivity contribution in [1.82, 2.24) is 10.2 Å². The molecule has 1 N–H and O–H groups in total. The second-order valence-electron chi connectivity index (χ2n) is 11.1. The number of allylic oxidation sites excluding steroid dienone is 1. The van der Waals surface area contributed by atoms with Crippen LogP contribution in [0.3, 0.4) is 0 Å². The van der Waals surface area contributed by atoms with Crippen molar-refractivity contribution < 1.29 is 4.79 Å². The Bertz CT molecular complexity index is 1120. The molecule has 2 aromatic rings. The zero-order valence-corrected chi connectivity index (χ0v) is 22.9. The van der Waals surface area contributed by atoms with E-state index in [0.717, 1.165) is 51.6 Å². The van der Waals surface area contributed by atoms with E-state index in [4.69, 9.17) is 23.2 Å². The second kappa shape index (κ2) is 11.3. The monoisotopic (exact) mass is 524 g/mol. The molecular formula is C31H38Cl2N2O. The molecule has 1 saturated carbocycles. The van der Waals surface area contributed by atoms with Crippen molar-refractivity contribution in [3.05, 3.63) is 74.8 Å². The summed E-state index contributed by atoms with van der Waals surface area (Å²) >= 11 is 12.7. The van der Waals surface area contributed by atoms with E-state index in [1.54, 1.807) is 5.57 Å². The maximum Gasteiger partial charge on any atom is 0.225 e. The number of hydrogen-bond acceptors (Lipinski definition) is 2. The molecule has 3 aliphatic rings. The van der Waals surface area contributed by atoms with Gasteiger partial charge in [-0.05, 0) is 80.4 Å². The molecule has 1 atom stereocenters. The number of hydrogen-bond donors (Lipinski definition) is 1. The Morgan fingerprint density at radius 1 is 1.06 bits per heavy atom. The second-order valence-corrected chi connectivity index (χ2v) is 11.9. The SMILES string of the molecule is CN(C[C@@H](CCC1=Cc2ccccc2C12CCNCC2)c1ccc(Cl)c(Cl)c1)C(=O)C1CCCCC1. The van der Waals surface area contributed by atoms with Gasteiger partial charge in [-0.1, -0.05) is 84.4 Å². The summed E-state index contributed by atoms with van der Waals surface area (Å²) in [5.41, 5.74) is 5.75. The van der Waals surface area contributed by atoms with Gasteiger partial charge in [0.15, 0.2) is 0 Å². The maximum absolute atomic E-state index is 13.3. The highest BCUT2D eigenvalue weighted by atomic mass is 35.5. The number of amides is 1. The van der Waals surface area contributed by atoms with Crippen molar-refractivity contribution in [2.45, 2.75) is 69.1 Å². The average Bonchev–Trinajstić information content (AvgIpc) is 3.21. The minimum atomic E-state index is 0.147. The van der Waals surface area contributed by atoms with Crippen LogP contribution in [-0.2, 0) is 10.2 Å². The number of benzene rings is 2. The number of halogens is 2. The minimum Gasteiger partial charge on any atom is -0.345 e. The van der Waals surface area contributed by atoms with Crippen molar-refractivity contribution in [1.29, 1.82) is 0 Å². The third-order valence-corrected chi connectivity index (χ3v) is 9.62. The Morgan fingerprint density at radius 3 is 2.56 bits per heavy atom. The van der Waals surface area contributed by atoms with E-state index in [1.165, 1.54) is 36.0 Å². The maximum atomic E-state index is 13.3. The van der Waals surface area contributed by atoms with Crippen molar-refractivity contribution in [2.24, 2.45) is 5.92 Å². The molecule has 1 heterocycles. The van der Waals surface area contributed by atoms with E-state index in [2.05, 4.69) is 41.7 Å². The van der Waals surface area contributed by atoms with E-state index < -0.39 is 0 Å². The topological polar surface area (TPSA) is 32.3 Å². The van der Waals surface area contributed by atoms with Gasteiger partial charge in [0.25, 0.3) is 0 Å². The Hall–Kier alpha value is -1.81. The Labute approximate surface area is 226 Å². The average molecular weight is 526 g/mol. The fraction of sp³-hybridized carbons (Fsp3) is 0.516. The molecule has 1 spiro atoms. The number of piperidine rings is 1. The van der Waals surface area contributed by atoms with Gasteiger partial charge in [-0.25, -0.2) is 0 Å². The number of fused-ring (bicyclic) bond motifs is 2. The van der Waals surface area contributed by atoms with Gasteiger partial charge in [-0.2, -0.15) is 0 Å². The molecular weight excluding hydrogens is 487 g/mol. The van der Waals surface area contributed by atoms with Crippen LogP contribution in [-0.4, -0.2) is 37.5 Å². The van der Waals surface area contributed by atoms with E-state index in [1.807, 2.05) is 24.1 Å². The van der Waals surface area contributed by atoms with Crippen LogP contribution in [0.15, 0.2) is 48.0 Å². The number of nitrogens with zero attached hydrogens (tertiary/aromatic N) is 1. The van der Waals surface area contributed by atoms with Gasteiger partial charge in [0.2, 0.25) is 5.91 Å². The van der Waals surface area contributed by atoms with Crippen LogP contribution < -0.4 is 5.32 Å². The predicted molar refractivity (Wildman–Crippen MR) is 151 cm³/mol. The summed E-state index contributed by atoms with van der Waals surface area (Å²) in [7, 11) is 1.99. The molecule has 2 fully saturated rings. The van der Waals surface area contributed by atoms with Crippen LogP contribution in [0.5, 0.6) is 0 Å².